The van der Waals surface area contributed by atoms with Gasteiger partial charge in [0.15, 0.2) is 0 Å². The first-order chi connectivity index (χ1) is 8.09. The highest BCUT2D eigenvalue weighted by molar-refractivity contribution is 8.00. The SMILES string of the molecule is Cc1nn(C)c(Cl)c1CC(N)C1CCCCS1. The number of nitrogens with zero attached hydrogens (tertiary/aromatic N) is 2. The largest absolute Gasteiger partial charge is 0.326 e. The van der Waals surface area contributed by atoms with Crippen LogP contribution in [-0.2, 0) is 13.5 Å². The monoisotopic (exact) mass is 273 g/mol. The summed E-state index contributed by atoms with van der Waals surface area (Å²) in [7, 11) is 1.87. The fourth-order valence-electron chi connectivity index (χ4n) is 2.38. The average Bonchev–Trinajstić information content (AvgIpc) is 2.57. The van der Waals surface area contributed by atoms with Crippen molar-refractivity contribution >= 4 is 23.4 Å². The molecule has 2 heterocycles. The van der Waals surface area contributed by atoms with E-state index in [1.54, 1.807) is 4.68 Å². The first kappa shape index (κ1) is 13.2. The van der Waals surface area contributed by atoms with Crippen LogP contribution < -0.4 is 5.73 Å². The van der Waals surface area contributed by atoms with Crippen LogP contribution in [0.2, 0.25) is 5.15 Å². The first-order valence-corrected chi connectivity index (χ1v) is 7.57. The summed E-state index contributed by atoms with van der Waals surface area (Å²) in [5.74, 6) is 1.25. The zero-order chi connectivity index (χ0) is 12.4. The van der Waals surface area contributed by atoms with Crippen molar-refractivity contribution < 1.29 is 0 Å². The highest BCUT2D eigenvalue weighted by Crippen LogP contribution is 2.29. The van der Waals surface area contributed by atoms with Gasteiger partial charge in [0, 0.05) is 23.9 Å². The lowest BCUT2D eigenvalue weighted by atomic mass is 10.0. The zero-order valence-electron chi connectivity index (χ0n) is 10.4. The van der Waals surface area contributed by atoms with Gasteiger partial charge in [-0.25, -0.2) is 0 Å². The molecular weight excluding hydrogens is 254 g/mol. The molecule has 5 heteroatoms. The van der Waals surface area contributed by atoms with Crippen molar-refractivity contribution in [2.24, 2.45) is 12.8 Å². The van der Waals surface area contributed by atoms with Crippen LogP contribution in [0.25, 0.3) is 0 Å². The van der Waals surface area contributed by atoms with E-state index in [0.29, 0.717) is 5.25 Å². The van der Waals surface area contributed by atoms with Gasteiger partial charge < -0.3 is 5.73 Å². The Bertz CT molecular complexity index is 385. The minimum absolute atomic E-state index is 0.195. The lowest BCUT2D eigenvalue weighted by Gasteiger charge is -2.27. The lowest BCUT2D eigenvalue weighted by molar-refractivity contribution is 0.558. The number of halogens is 1. The van der Waals surface area contributed by atoms with E-state index in [1.807, 2.05) is 25.7 Å². The van der Waals surface area contributed by atoms with Gasteiger partial charge in [0.05, 0.1) is 5.69 Å². The second-order valence-corrected chi connectivity index (χ2v) is 6.46. The lowest BCUT2D eigenvalue weighted by Crippen LogP contribution is -2.36. The summed E-state index contributed by atoms with van der Waals surface area (Å²) in [4.78, 5) is 0. The number of nitrogens with two attached hydrogens (primary N) is 1. The predicted octanol–water partition coefficient (Wildman–Crippen LogP) is 2.54. The number of rotatable bonds is 3. The Balaban J connectivity index is 2.04. The second kappa shape index (κ2) is 5.63. The number of thioether (sulfide) groups is 1. The van der Waals surface area contributed by atoms with E-state index < -0.39 is 0 Å². The highest BCUT2D eigenvalue weighted by atomic mass is 35.5. The third-order valence-corrected chi connectivity index (χ3v) is 5.41. The molecule has 2 unspecified atom stereocenters. The van der Waals surface area contributed by atoms with Crippen LogP contribution in [0.15, 0.2) is 0 Å². The third kappa shape index (κ3) is 2.98. The Morgan fingerprint density at radius 1 is 1.59 bits per heavy atom. The van der Waals surface area contributed by atoms with Crippen molar-refractivity contribution in [2.45, 2.75) is 43.9 Å². The summed E-state index contributed by atoms with van der Waals surface area (Å²) >= 11 is 8.25. The van der Waals surface area contributed by atoms with Crippen LogP contribution in [0.3, 0.4) is 0 Å². The van der Waals surface area contributed by atoms with Crippen LogP contribution in [0.1, 0.15) is 30.5 Å². The molecule has 2 atom stereocenters. The zero-order valence-corrected chi connectivity index (χ0v) is 12.0. The smallest absolute Gasteiger partial charge is 0.130 e. The van der Waals surface area contributed by atoms with Crippen molar-refractivity contribution in [1.82, 2.24) is 9.78 Å². The summed E-state index contributed by atoms with van der Waals surface area (Å²) in [6, 6.07) is 0.195. The van der Waals surface area contributed by atoms with Gasteiger partial charge in [-0.2, -0.15) is 16.9 Å². The molecule has 1 aromatic rings. The minimum atomic E-state index is 0.195. The summed E-state index contributed by atoms with van der Waals surface area (Å²) in [6.07, 6.45) is 4.73. The molecular formula is C12H20ClN3S. The second-order valence-electron chi connectivity index (χ2n) is 4.75. The van der Waals surface area contributed by atoms with E-state index >= 15 is 0 Å². The summed E-state index contributed by atoms with van der Waals surface area (Å²) in [5, 5.41) is 5.65. The predicted molar refractivity (Wildman–Crippen MR) is 74.7 cm³/mol. The van der Waals surface area contributed by atoms with E-state index in [9.17, 15) is 0 Å². The molecule has 0 bridgehead atoms. The topological polar surface area (TPSA) is 43.8 Å². The number of hydrogen-bond donors (Lipinski definition) is 1. The number of aromatic nitrogens is 2. The number of hydrogen-bond acceptors (Lipinski definition) is 3. The molecule has 2 N–H and O–H groups in total. The molecule has 1 fully saturated rings. The van der Waals surface area contributed by atoms with E-state index in [4.69, 9.17) is 17.3 Å². The molecule has 2 rings (SSSR count). The van der Waals surface area contributed by atoms with Crippen molar-refractivity contribution in [3.63, 3.8) is 0 Å². The molecule has 96 valence electrons. The number of aryl methyl sites for hydroxylation is 2. The molecule has 3 nitrogen and oxygen atoms in total. The van der Waals surface area contributed by atoms with Gasteiger partial charge in [-0.1, -0.05) is 18.0 Å². The molecule has 0 radical (unpaired) electrons. The molecule has 1 aliphatic heterocycles. The van der Waals surface area contributed by atoms with Gasteiger partial charge in [0.25, 0.3) is 0 Å². The Kier molecular flexibility index (Phi) is 4.39. The Labute approximate surface area is 112 Å². The molecule has 1 aliphatic rings. The Morgan fingerprint density at radius 2 is 2.35 bits per heavy atom. The maximum atomic E-state index is 6.31. The van der Waals surface area contributed by atoms with Crippen molar-refractivity contribution in [2.75, 3.05) is 5.75 Å². The minimum Gasteiger partial charge on any atom is -0.326 e. The van der Waals surface area contributed by atoms with Crippen LogP contribution in [-0.4, -0.2) is 26.8 Å². The summed E-state index contributed by atoms with van der Waals surface area (Å²) < 4.78 is 1.73. The normalized spacial score (nSPS) is 22.7. The Morgan fingerprint density at radius 3 is 2.88 bits per heavy atom. The first-order valence-electron chi connectivity index (χ1n) is 6.14. The maximum Gasteiger partial charge on any atom is 0.130 e. The van der Waals surface area contributed by atoms with Crippen molar-refractivity contribution in [3.05, 3.63) is 16.4 Å². The van der Waals surface area contributed by atoms with Crippen LogP contribution >= 0.6 is 23.4 Å². The molecule has 1 saturated heterocycles. The fourth-order valence-corrected chi connectivity index (χ4v) is 3.98. The van der Waals surface area contributed by atoms with Crippen LogP contribution in [0, 0.1) is 6.92 Å². The van der Waals surface area contributed by atoms with E-state index in [-0.39, 0.29) is 6.04 Å². The molecule has 0 amide bonds. The summed E-state index contributed by atoms with van der Waals surface area (Å²) in [5.41, 5.74) is 8.44. The standard InChI is InChI=1S/C12H20ClN3S/c1-8-9(12(13)16(2)15-8)7-10(14)11-5-3-4-6-17-11/h10-11H,3-7,14H2,1-2H3. The molecule has 0 saturated carbocycles. The third-order valence-electron chi connectivity index (χ3n) is 3.40. The van der Waals surface area contributed by atoms with Gasteiger partial charge >= 0.3 is 0 Å². The van der Waals surface area contributed by atoms with E-state index in [1.165, 1.54) is 25.0 Å². The maximum absolute atomic E-state index is 6.31. The highest BCUT2D eigenvalue weighted by Gasteiger charge is 2.23. The molecule has 0 aliphatic carbocycles. The molecule has 1 aromatic heterocycles. The Hall–Kier alpha value is -0.190. The molecule has 0 aromatic carbocycles. The fraction of sp³-hybridized carbons (Fsp3) is 0.750. The van der Waals surface area contributed by atoms with Crippen LogP contribution in [0.4, 0.5) is 0 Å². The van der Waals surface area contributed by atoms with E-state index in [0.717, 1.165) is 22.8 Å². The van der Waals surface area contributed by atoms with Crippen molar-refractivity contribution in [1.29, 1.82) is 0 Å². The summed E-state index contributed by atoms with van der Waals surface area (Å²) in [6.45, 7) is 2.00. The average molecular weight is 274 g/mol. The van der Waals surface area contributed by atoms with Gasteiger partial charge in [0.2, 0.25) is 0 Å². The quantitative estimate of drug-likeness (QED) is 0.920. The van der Waals surface area contributed by atoms with Crippen LogP contribution in [0.5, 0.6) is 0 Å². The van der Waals surface area contributed by atoms with Gasteiger partial charge in [-0.15, -0.1) is 0 Å². The van der Waals surface area contributed by atoms with Gasteiger partial charge in [-0.3, -0.25) is 4.68 Å². The molecule has 0 spiro atoms. The molecule has 17 heavy (non-hydrogen) atoms. The van der Waals surface area contributed by atoms with E-state index in [2.05, 4.69) is 5.10 Å². The van der Waals surface area contributed by atoms with Crippen molar-refractivity contribution in [3.8, 4) is 0 Å². The van der Waals surface area contributed by atoms with Gasteiger partial charge in [-0.05, 0) is 31.9 Å². The van der Waals surface area contributed by atoms with Gasteiger partial charge in [0.1, 0.15) is 5.15 Å².